The van der Waals surface area contributed by atoms with E-state index in [9.17, 15) is 4.79 Å². The molecular weight excluding hydrogens is 264 g/mol. The van der Waals surface area contributed by atoms with E-state index >= 15 is 0 Å². The van der Waals surface area contributed by atoms with E-state index in [1.54, 1.807) is 0 Å². The highest BCUT2D eigenvalue weighted by atomic mass is 16.4. The van der Waals surface area contributed by atoms with Crippen LogP contribution in [0.4, 0.5) is 11.4 Å². The highest BCUT2D eigenvalue weighted by Crippen LogP contribution is 2.27. The van der Waals surface area contributed by atoms with Crippen LogP contribution in [0.2, 0.25) is 0 Å². The lowest BCUT2D eigenvalue weighted by Crippen LogP contribution is -2.33. The van der Waals surface area contributed by atoms with Gasteiger partial charge in [0.2, 0.25) is 0 Å². The molecule has 0 fully saturated rings. The van der Waals surface area contributed by atoms with Crippen molar-refractivity contribution < 1.29 is 9.90 Å². The van der Waals surface area contributed by atoms with Crippen LogP contribution in [0.1, 0.15) is 39.7 Å². The van der Waals surface area contributed by atoms with Gasteiger partial charge in [0.15, 0.2) is 0 Å². The van der Waals surface area contributed by atoms with Gasteiger partial charge in [-0.05, 0) is 58.4 Å². The Morgan fingerprint density at radius 3 is 2.29 bits per heavy atom. The van der Waals surface area contributed by atoms with Crippen LogP contribution in [0, 0.1) is 6.92 Å². The Morgan fingerprint density at radius 1 is 1.24 bits per heavy atom. The molecule has 4 heteroatoms. The molecule has 0 aromatic heterocycles. The molecule has 0 heterocycles. The summed E-state index contributed by atoms with van der Waals surface area (Å²) in [6.07, 6.45) is 0.162. The van der Waals surface area contributed by atoms with Crippen LogP contribution < -0.4 is 9.80 Å². The Bertz CT molecular complexity index is 468. The molecule has 21 heavy (non-hydrogen) atoms. The second-order valence-corrected chi connectivity index (χ2v) is 5.57. The average molecular weight is 292 g/mol. The minimum atomic E-state index is -0.752. The van der Waals surface area contributed by atoms with Gasteiger partial charge in [0.05, 0.1) is 6.42 Å². The maximum absolute atomic E-state index is 10.8. The predicted molar refractivity (Wildman–Crippen MR) is 89.5 cm³/mol. The van der Waals surface area contributed by atoms with Crippen molar-refractivity contribution >= 4 is 17.3 Å². The molecule has 0 amide bonds. The van der Waals surface area contributed by atoms with Gasteiger partial charge in [-0.3, -0.25) is 4.79 Å². The first-order valence-electron chi connectivity index (χ1n) is 7.74. The summed E-state index contributed by atoms with van der Waals surface area (Å²) in [5.41, 5.74) is 3.55. The van der Waals surface area contributed by atoms with Gasteiger partial charge in [-0.15, -0.1) is 0 Å². The standard InChI is InChI=1S/C17H28N2O2/c1-6-18(7-2)15-8-9-16(14(5)12-15)19(13(3)4)11-10-17(20)21/h8-9,12-13H,6-7,10-11H2,1-5H3,(H,20,21). The zero-order valence-electron chi connectivity index (χ0n) is 13.9. The molecular formula is C17H28N2O2. The molecule has 0 aliphatic carbocycles. The Hall–Kier alpha value is -1.71. The summed E-state index contributed by atoms with van der Waals surface area (Å²) in [6, 6.07) is 6.72. The number of carboxylic acids is 1. The molecule has 1 rings (SSSR count). The van der Waals surface area contributed by atoms with Crippen molar-refractivity contribution in [3.05, 3.63) is 23.8 Å². The van der Waals surface area contributed by atoms with E-state index in [0.29, 0.717) is 6.54 Å². The lowest BCUT2D eigenvalue weighted by atomic mass is 10.1. The highest BCUT2D eigenvalue weighted by Gasteiger charge is 2.15. The van der Waals surface area contributed by atoms with Crippen LogP contribution in [0.15, 0.2) is 18.2 Å². The Kier molecular flexibility index (Phi) is 6.53. The normalized spacial score (nSPS) is 10.8. The minimum Gasteiger partial charge on any atom is -0.481 e. The number of hydrogen-bond donors (Lipinski definition) is 1. The number of aliphatic carboxylic acids is 1. The summed E-state index contributed by atoms with van der Waals surface area (Å²) in [5, 5.41) is 8.91. The van der Waals surface area contributed by atoms with E-state index in [-0.39, 0.29) is 12.5 Å². The first-order chi connectivity index (χ1) is 9.90. The third kappa shape index (κ3) is 4.66. The van der Waals surface area contributed by atoms with Gasteiger partial charge in [0.25, 0.3) is 0 Å². The smallest absolute Gasteiger partial charge is 0.305 e. The van der Waals surface area contributed by atoms with Crippen LogP contribution in [0.5, 0.6) is 0 Å². The minimum absolute atomic E-state index is 0.162. The van der Waals surface area contributed by atoms with E-state index in [2.05, 4.69) is 62.6 Å². The van der Waals surface area contributed by atoms with Crippen LogP contribution in [-0.4, -0.2) is 36.8 Å². The lowest BCUT2D eigenvalue weighted by molar-refractivity contribution is -0.136. The summed E-state index contributed by atoms with van der Waals surface area (Å²) in [4.78, 5) is 15.3. The van der Waals surface area contributed by atoms with Gasteiger partial charge in [-0.25, -0.2) is 0 Å². The van der Waals surface area contributed by atoms with Crippen molar-refractivity contribution in [1.29, 1.82) is 0 Å². The molecule has 0 saturated carbocycles. The van der Waals surface area contributed by atoms with E-state index in [0.717, 1.165) is 18.8 Å². The zero-order valence-corrected chi connectivity index (χ0v) is 13.9. The van der Waals surface area contributed by atoms with E-state index in [1.165, 1.54) is 11.3 Å². The van der Waals surface area contributed by atoms with Crippen LogP contribution >= 0.6 is 0 Å². The fourth-order valence-electron chi connectivity index (χ4n) is 2.62. The van der Waals surface area contributed by atoms with Crippen molar-refractivity contribution in [2.45, 2.75) is 47.1 Å². The molecule has 1 aromatic rings. The third-order valence-electron chi connectivity index (χ3n) is 3.81. The number of anilines is 2. The number of carboxylic acid groups (broad SMARTS) is 1. The average Bonchev–Trinajstić information content (AvgIpc) is 2.41. The second-order valence-electron chi connectivity index (χ2n) is 5.57. The van der Waals surface area contributed by atoms with Crippen molar-refractivity contribution in [2.24, 2.45) is 0 Å². The topological polar surface area (TPSA) is 43.8 Å². The summed E-state index contributed by atoms with van der Waals surface area (Å²) < 4.78 is 0. The fraction of sp³-hybridized carbons (Fsp3) is 0.588. The van der Waals surface area contributed by atoms with Gasteiger partial charge >= 0.3 is 5.97 Å². The van der Waals surface area contributed by atoms with E-state index in [4.69, 9.17) is 5.11 Å². The Labute approximate surface area is 128 Å². The maximum Gasteiger partial charge on any atom is 0.305 e. The quantitative estimate of drug-likeness (QED) is 0.796. The first-order valence-corrected chi connectivity index (χ1v) is 7.74. The fourth-order valence-corrected chi connectivity index (χ4v) is 2.62. The van der Waals surface area contributed by atoms with E-state index < -0.39 is 5.97 Å². The summed E-state index contributed by atoms with van der Waals surface area (Å²) in [5.74, 6) is -0.752. The van der Waals surface area contributed by atoms with Gasteiger partial charge in [-0.2, -0.15) is 0 Å². The summed E-state index contributed by atoms with van der Waals surface area (Å²) >= 11 is 0. The molecule has 0 unspecified atom stereocenters. The summed E-state index contributed by atoms with van der Waals surface area (Å²) in [6.45, 7) is 13.1. The molecule has 0 aliphatic heterocycles. The molecule has 118 valence electrons. The van der Waals surface area contributed by atoms with Crippen molar-refractivity contribution in [3.63, 3.8) is 0 Å². The largest absolute Gasteiger partial charge is 0.481 e. The van der Waals surface area contributed by atoms with Crippen molar-refractivity contribution in [2.75, 3.05) is 29.4 Å². The first kappa shape index (κ1) is 17.3. The van der Waals surface area contributed by atoms with Gasteiger partial charge in [0, 0.05) is 37.1 Å². The third-order valence-corrected chi connectivity index (χ3v) is 3.81. The Morgan fingerprint density at radius 2 is 1.86 bits per heavy atom. The zero-order chi connectivity index (χ0) is 16.0. The molecule has 1 N–H and O–H groups in total. The molecule has 0 radical (unpaired) electrons. The monoisotopic (exact) mass is 292 g/mol. The van der Waals surface area contributed by atoms with Gasteiger partial charge in [-0.1, -0.05) is 0 Å². The molecule has 0 spiro atoms. The molecule has 0 aliphatic rings. The summed E-state index contributed by atoms with van der Waals surface area (Å²) in [7, 11) is 0. The van der Waals surface area contributed by atoms with Crippen LogP contribution in [0.25, 0.3) is 0 Å². The van der Waals surface area contributed by atoms with E-state index in [1.807, 2.05) is 0 Å². The van der Waals surface area contributed by atoms with Crippen molar-refractivity contribution in [1.82, 2.24) is 0 Å². The highest BCUT2D eigenvalue weighted by molar-refractivity contribution is 5.68. The van der Waals surface area contributed by atoms with Gasteiger partial charge in [0.1, 0.15) is 0 Å². The molecule has 0 saturated heterocycles. The maximum atomic E-state index is 10.8. The SMILES string of the molecule is CCN(CC)c1ccc(N(CCC(=O)O)C(C)C)c(C)c1. The predicted octanol–water partition coefficient (Wildman–Crippen LogP) is 3.53. The van der Waals surface area contributed by atoms with Gasteiger partial charge < -0.3 is 14.9 Å². The molecule has 1 aromatic carbocycles. The Balaban J connectivity index is 3.02. The lowest BCUT2D eigenvalue weighted by Gasteiger charge is -2.31. The second kappa shape index (κ2) is 7.91. The number of rotatable bonds is 8. The van der Waals surface area contributed by atoms with Crippen LogP contribution in [-0.2, 0) is 4.79 Å². The molecule has 0 atom stereocenters. The van der Waals surface area contributed by atoms with Crippen molar-refractivity contribution in [3.8, 4) is 0 Å². The number of aryl methyl sites for hydroxylation is 1. The molecule has 0 bridgehead atoms. The number of benzene rings is 1. The number of nitrogens with zero attached hydrogens (tertiary/aromatic N) is 2. The number of hydrogen-bond acceptors (Lipinski definition) is 3. The molecule has 4 nitrogen and oxygen atoms in total. The van der Waals surface area contributed by atoms with Crippen LogP contribution in [0.3, 0.4) is 0 Å². The number of carbonyl (C=O) groups is 1.